The molecule has 14 nitrogen and oxygen atoms in total. The Kier molecular flexibility index (Phi) is 40.3. The van der Waals surface area contributed by atoms with Crippen molar-refractivity contribution in [2.24, 2.45) is 17.2 Å². The number of hydrogen-bond acceptors (Lipinski definition) is 11. The number of aldehydes is 1. The Labute approximate surface area is 265 Å². The van der Waals surface area contributed by atoms with Gasteiger partial charge < -0.3 is 57.5 Å². The number of carbonyl (C=O) groups excluding carboxylic acids is 4. The van der Waals surface area contributed by atoms with Crippen molar-refractivity contribution in [3.05, 3.63) is 12.7 Å². The summed E-state index contributed by atoms with van der Waals surface area (Å²) in [4.78, 5) is 44.4. The fraction of sp³-hybridized carbons (Fsp3) is 0.800. The van der Waals surface area contributed by atoms with Crippen molar-refractivity contribution in [1.82, 2.24) is 21.3 Å². The highest BCUT2D eigenvalue weighted by Crippen LogP contribution is 2.11. The quantitative estimate of drug-likeness (QED) is 0.0323. The molecule has 0 aromatic carbocycles. The molecule has 0 aliphatic heterocycles. The molecule has 10 N–H and O–H groups in total. The Balaban J connectivity index is -0.00000107. The first-order valence-corrected chi connectivity index (χ1v) is 15.6. The predicted molar refractivity (Wildman–Crippen MR) is 175 cm³/mol. The average molecular weight is 634 g/mol. The largest absolute Gasteiger partial charge is 0.379 e. The van der Waals surface area contributed by atoms with Gasteiger partial charge in [0, 0.05) is 39.0 Å². The average Bonchev–Trinajstić information content (AvgIpc) is 3.02. The smallest absolute Gasteiger partial charge is 0.222 e. The first kappa shape index (κ1) is 46.0. The number of nitrogens with one attached hydrogen (secondary N) is 4. The van der Waals surface area contributed by atoms with Crippen molar-refractivity contribution >= 4 is 24.5 Å². The molecule has 0 saturated carbocycles. The van der Waals surface area contributed by atoms with Crippen LogP contribution in [-0.2, 0) is 33.4 Å². The van der Waals surface area contributed by atoms with Gasteiger partial charge in [0.25, 0.3) is 0 Å². The van der Waals surface area contributed by atoms with Crippen LogP contribution >= 0.6 is 0 Å². The topological polar surface area (TPSA) is 222 Å². The van der Waals surface area contributed by atoms with Crippen LogP contribution < -0.4 is 38.5 Å². The first-order chi connectivity index (χ1) is 21.4. The SMILES string of the molecule is C=CCCCC(=O)NC(COCCC)(COCCC=O)COCCC(=O)NCCCN.CNCCCN.NCCCNC=O. The summed E-state index contributed by atoms with van der Waals surface area (Å²) < 4.78 is 17.1. The second-order valence-electron chi connectivity index (χ2n) is 9.82. The lowest BCUT2D eigenvalue weighted by Gasteiger charge is -2.34. The van der Waals surface area contributed by atoms with Gasteiger partial charge in [0.05, 0.1) is 33.0 Å². The van der Waals surface area contributed by atoms with Crippen LogP contribution in [0.15, 0.2) is 12.7 Å². The zero-order valence-electron chi connectivity index (χ0n) is 27.4. The summed E-state index contributed by atoms with van der Waals surface area (Å²) in [5, 5.41) is 11.3. The van der Waals surface area contributed by atoms with E-state index in [9.17, 15) is 19.2 Å². The van der Waals surface area contributed by atoms with Crippen LogP contribution in [0.4, 0.5) is 0 Å². The summed E-state index contributed by atoms with van der Waals surface area (Å²) in [5.74, 6) is -0.249. The minimum Gasteiger partial charge on any atom is -0.379 e. The summed E-state index contributed by atoms with van der Waals surface area (Å²) in [7, 11) is 1.93. The van der Waals surface area contributed by atoms with Gasteiger partial charge in [-0.05, 0) is 71.8 Å². The van der Waals surface area contributed by atoms with Crippen molar-refractivity contribution in [2.75, 3.05) is 86.0 Å². The monoisotopic (exact) mass is 633 g/mol. The first-order valence-electron chi connectivity index (χ1n) is 15.6. The summed E-state index contributed by atoms with van der Waals surface area (Å²) in [6.45, 7) is 11.3. The number of rotatable bonds is 29. The molecule has 3 amide bonds. The molecular formula is C30H63N7O7. The number of amides is 3. The maximum absolute atomic E-state index is 12.5. The number of carbonyl (C=O) groups is 4. The molecule has 0 bridgehead atoms. The highest BCUT2D eigenvalue weighted by molar-refractivity contribution is 5.77. The number of allylic oxidation sites excluding steroid dienone is 1. The maximum atomic E-state index is 12.5. The predicted octanol–water partition coefficient (Wildman–Crippen LogP) is -0.263. The van der Waals surface area contributed by atoms with Crippen LogP contribution in [-0.4, -0.2) is 116 Å². The van der Waals surface area contributed by atoms with Crippen LogP contribution in [0.25, 0.3) is 0 Å². The Hall–Kier alpha value is -2.46. The second kappa shape index (κ2) is 38.6. The Bertz CT molecular complexity index is 672. The molecule has 0 heterocycles. The van der Waals surface area contributed by atoms with Gasteiger partial charge in [-0.25, -0.2) is 0 Å². The Morgan fingerprint density at radius 2 is 1.36 bits per heavy atom. The highest BCUT2D eigenvalue weighted by Gasteiger charge is 2.33. The number of ether oxygens (including phenoxy) is 3. The lowest BCUT2D eigenvalue weighted by atomic mass is 10.0. The van der Waals surface area contributed by atoms with E-state index in [1.165, 1.54) is 0 Å². The third-order valence-electron chi connectivity index (χ3n) is 5.50. The van der Waals surface area contributed by atoms with Gasteiger partial charge in [-0.2, -0.15) is 0 Å². The normalized spacial score (nSPS) is 11.5. The summed E-state index contributed by atoms with van der Waals surface area (Å²) >= 11 is 0. The summed E-state index contributed by atoms with van der Waals surface area (Å²) in [6.07, 6.45) is 8.98. The second-order valence-corrected chi connectivity index (χ2v) is 9.82. The molecule has 0 radical (unpaired) electrons. The third-order valence-corrected chi connectivity index (χ3v) is 5.50. The number of nitrogens with two attached hydrogens (primary N) is 3. The molecule has 44 heavy (non-hydrogen) atoms. The van der Waals surface area contributed by atoms with E-state index in [0.29, 0.717) is 52.0 Å². The number of unbranched alkanes of at least 4 members (excludes halogenated alkanes) is 1. The molecule has 0 aliphatic rings. The lowest BCUT2D eigenvalue weighted by Crippen LogP contribution is -2.58. The standard InChI is InChI=1S/C22H41N3O6.C4H10N2O.C4H12N2/c1-3-5-6-9-21(28)25-22(17-29-14-4-2,18-30-15-8-13-26)19-31-16-10-20(27)24-12-7-11-23;5-2-1-3-6-4-7;1-6-4-2-3-5/h3,13H,1,4-12,14-19,23H2,2H3,(H,24,27)(H,25,28);4H,1-3,5H2,(H,6,7);6H,2-5H2,1H3. The van der Waals surface area contributed by atoms with Gasteiger partial charge >= 0.3 is 0 Å². The molecule has 0 rings (SSSR count). The van der Waals surface area contributed by atoms with Crippen LogP contribution in [0, 0.1) is 0 Å². The Morgan fingerprint density at radius 1 is 0.773 bits per heavy atom. The molecular weight excluding hydrogens is 570 g/mol. The summed E-state index contributed by atoms with van der Waals surface area (Å²) in [5.41, 5.74) is 14.8. The van der Waals surface area contributed by atoms with Crippen molar-refractivity contribution in [3.8, 4) is 0 Å². The van der Waals surface area contributed by atoms with Crippen LogP contribution in [0.1, 0.15) is 64.7 Å². The molecule has 14 heteroatoms. The van der Waals surface area contributed by atoms with E-state index < -0.39 is 5.54 Å². The number of hydrogen-bond donors (Lipinski definition) is 7. The van der Waals surface area contributed by atoms with Gasteiger partial charge in [0.1, 0.15) is 11.8 Å². The van der Waals surface area contributed by atoms with Crippen molar-refractivity contribution < 1.29 is 33.4 Å². The fourth-order valence-electron chi connectivity index (χ4n) is 3.20. The zero-order chi connectivity index (χ0) is 33.6. The molecule has 0 spiro atoms. The van der Waals surface area contributed by atoms with E-state index in [1.54, 1.807) is 6.08 Å². The van der Waals surface area contributed by atoms with E-state index in [-0.39, 0.29) is 57.7 Å². The van der Waals surface area contributed by atoms with Crippen molar-refractivity contribution in [1.29, 1.82) is 0 Å². The van der Waals surface area contributed by atoms with Crippen molar-refractivity contribution in [2.45, 2.75) is 70.3 Å². The molecule has 0 aromatic rings. The molecule has 1 unspecified atom stereocenters. The van der Waals surface area contributed by atoms with E-state index in [1.807, 2.05) is 14.0 Å². The summed E-state index contributed by atoms with van der Waals surface area (Å²) in [6, 6.07) is 0. The molecule has 0 saturated heterocycles. The van der Waals surface area contributed by atoms with Crippen LogP contribution in [0.5, 0.6) is 0 Å². The van der Waals surface area contributed by atoms with Crippen LogP contribution in [0.2, 0.25) is 0 Å². The maximum Gasteiger partial charge on any atom is 0.222 e. The molecule has 260 valence electrons. The van der Waals surface area contributed by atoms with E-state index in [4.69, 9.17) is 31.4 Å². The zero-order valence-corrected chi connectivity index (χ0v) is 27.4. The minimum atomic E-state index is -0.903. The fourth-order valence-corrected chi connectivity index (χ4v) is 3.20. The van der Waals surface area contributed by atoms with Gasteiger partial charge in [-0.1, -0.05) is 13.0 Å². The van der Waals surface area contributed by atoms with Gasteiger partial charge in [0.2, 0.25) is 18.2 Å². The van der Waals surface area contributed by atoms with Crippen LogP contribution in [0.3, 0.4) is 0 Å². The molecule has 0 aliphatic carbocycles. The Morgan fingerprint density at radius 3 is 1.89 bits per heavy atom. The molecule has 0 fully saturated rings. The lowest BCUT2D eigenvalue weighted by molar-refractivity contribution is -0.129. The highest BCUT2D eigenvalue weighted by atomic mass is 16.5. The molecule has 0 aromatic heterocycles. The van der Waals surface area contributed by atoms with E-state index in [0.717, 1.165) is 51.5 Å². The van der Waals surface area contributed by atoms with Crippen molar-refractivity contribution in [3.63, 3.8) is 0 Å². The minimum absolute atomic E-state index is 0.114. The van der Waals surface area contributed by atoms with Gasteiger partial charge in [-0.3, -0.25) is 14.4 Å². The van der Waals surface area contributed by atoms with E-state index in [2.05, 4.69) is 27.8 Å². The van der Waals surface area contributed by atoms with E-state index >= 15 is 0 Å². The molecule has 1 atom stereocenters. The third kappa shape index (κ3) is 35.7. The van der Waals surface area contributed by atoms with Gasteiger partial charge in [0.15, 0.2) is 0 Å². The van der Waals surface area contributed by atoms with Gasteiger partial charge in [-0.15, -0.1) is 6.58 Å².